The lowest BCUT2D eigenvalue weighted by Crippen LogP contribution is -2.60. The van der Waals surface area contributed by atoms with Crippen molar-refractivity contribution in [2.75, 3.05) is 58.4 Å². The number of hydrogen-bond donors (Lipinski definition) is 2. The molecule has 6 heterocycles. The number of hydrogen-bond acceptors (Lipinski definition) is 11. The lowest BCUT2D eigenvalue weighted by Gasteiger charge is -2.35. The minimum absolute atomic E-state index is 0.0331. The number of anilines is 1. The topological polar surface area (TPSA) is 134 Å². The van der Waals surface area contributed by atoms with Crippen molar-refractivity contribution in [2.24, 2.45) is 22.7 Å². The number of carbonyl (C=O) groups excluding carboxylic acids is 3. The molecule has 16 heteroatoms. The number of nitrogens with one attached hydrogen (secondary N) is 2. The van der Waals surface area contributed by atoms with E-state index in [-0.39, 0.29) is 47.9 Å². The van der Waals surface area contributed by atoms with Gasteiger partial charge < -0.3 is 29.2 Å². The van der Waals surface area contributed by atoms with Gasteiger partial charge in [0.15, 0.2) is 6.61 Å². The minimum atomic E-state index is -3.47. The second-order valence-electron chi connectivity index (χ2n) is 17.4. The number of aryl methyl sites for hydroxylation is 1. The van der Waals surface area contributed by atoms with E-state index >= 15 is 8.78 Å². The molecule has 0 spiro atoms. The molecule has 0 radical (unpaired) electrons. The Kier molecular flexibility index (Phi) is 12.0. The number of aliphatic imine (C=N–C) groups is 1. The summed E-state index contributed by atoms with van der Waals surface area (Å²) in [6.07, 6.45) is 1.66. The van der Waals surface area contributed by atoms with Crippen LogP contribution in [0.4, 0.5) is 14.5 Å². The van der Waals surface area contributed by atoms with Crippen LogP contribution in [0.2, 0.25) is 0 Å². The molecular formula is C44H58F2N8O5S. The van der Waals surface area contributed by atoms with E-state index < -0.39 is 49.0 Å². The molecule has 1 aromatic carbocycles. The van der Waals surface area contributed by atoms with Crippen molar-refractivity contribution in [2.45, 2.75) is 102 Å². The monoisotopic (exact) mass is 848 g/mol. The number of rotatable bonds is 7. The molecule has 60 heavy (non-hydrogen) atoms. The van der Waals surface area contributed by atoms with Crippen LogP contribution in [0.5, 0.6) is 0 Å². The van der Waals surface area contributed by atoms with Crippen molar-refractivity contribution in [1.82, 2.24) is 30.2 Å². The largest absolute Gasteiger partial charge is 0.458 e. The SMILES string of the molecule is CCn1c(-c2cc(N3CCN(C)CC3)cnc2[C@H](C)OC)c2c3cc(ccc31)C1N=C(C[C@H](NC(=O)[C@H]3[C@H](C)[C@@H]3C)C(=O)N3CCC[C@H](N3)C(=O)OCC(F)(F)C2)SC1C. The number of methoxy groups -OCH3 is 1. The van der Waals surface area contributed by atoms with Gasteiger partial charge >= 0.3 is 5.97 Å². The summed E-state index contributed by atoms with van der Waals surface area (Å²) in [5.41, 5.74) is 7.94. The zero-order valence-electron chi connectivity index (χ0n) is 35.7. The number of halogens is 2. The highest BCUT2D eigenvalue weighted by Gasteiger charge is 2.49. The van der Waals surface area contributed by atoms with E-state index in [2.05, 4.69) is 45.1 Å². The van der Waals surface area contributed by atoms with Crippen molar-refractivity contribution in [3.05, 3.63) is 47.3 Å². The highest BCUT2D eigenvalue weighted by molar-refractivity contribution is 8.14. The first-order chi connectivity index (χ1) is 28.7. The van der Waals surface area contributed by atoms with Gasteiger partial charge in [-0.15, -0.1) is 11.8 Å². The van der Waals surface area contributed by atoms with Crippen molar-refractivity contribution in [1.29, 1.82) is 0 Å². The van der Waals surface area contributed by atoms with E-state index in [1.807, 2.05) is 52.1 Å². The van der Waals surface area contributed by atoms with Crippen LogP contribution in [0.15, 0.2) is 35.5 Å². The van der Waals surface area contributed by atoms with Crippen LogP contribution in [0, 0.1) is 17.8 Å². The van der Waals surface area contributed by atoms with Gasteiger partial charge in [0.1, 0.15) is 12.1 Å². The zero-order valence-corrected chi connectivity index (χ0v) is 36.5. The Balaban J connectivity index is 1.26. The zero-order chi connectivity index (χ0) is 42.6. The molecule has 4 aliphatic heterocycles. The van der Waals surface area contributed by atoms with E-state index in [1.54, 1.807) is 18.9 Å². The summed E-state index contributed by atoms with van der Waals surface area (Å²) in [6, 6.07) is 5.79. The smallest absolute Gasteiger partial charge is 0.325 e. The summed E-state index contributed by atoms with van der Waals surface area (Å²) in [7, 11) is 3.72. The predicted molar refractivity (Wildman–Crippen MR) is 229 cm³/mol. The summed E-state index contributed by atoms with van der Waals surface area (Å²) in [6.45, 7) is 13.1. The highest BCUT2D eigenvalue weighted by atomic mass is 32.2. The minimum Gasteiger partial charge on any atom is -0.458 e. The molecule has 3 aromatic rings. The van der Waals surface area contributed by atoms with Crippen molar-refractivity contribution < 1.29 is 32.6 Å². The van der Waals surface area contributed by atoms with Crippen LogP contribution >= 0.6 is 11.8 Å². The van der Waals surface area contributed by atoms with E-state index in [9.17, 15) is 14.4 Å². The maximum atomic E-state index is 16.6. The molecular weight excluding hydrogens is 791 g/mol. The van der Waals surface area contributed by atoms with Crippen LogP contribution in [-0.2, 0) is 36.8 Å². The number of thioether (sulfide) groups is 1. The number of benzene rings is 1. The fourth-order valence-corrected chi connectivity index (χ4v) is 10.7. The summed E-state index contributed by atoms with van der Waals surface area (Å²) in [5.74, 6) is -4.67. The molecule has 1 saturated carbocycles. The predicted octanol–water partition coefficient (Wildman–Crippen LogP) is 5.76. The van der Waals surface area contributed by atoms with Gasteiger partial charge in [-0.25, -0.2) is 14.2 Å². The molecule has 6 bridgehead atoms. The molecule has 1 aliphatic carbocycles. The highest BCUT2D eigenvalue weighted by Crippen LogP contribution is 2.47. The van der Waals surface area contributed by atoms with Gasteiger partial charge in [-0.1, -0.05) is 26.8 Å². The summed E-state index contributed by atoms with van der Waals surface area (Å²) < 4.78 is 46.6. The number of cyclic esters (lactones) is 1. The lowest BCUT2D eigenvalue weighted by molar-refractivity contribution is -0.162. The number of piperazine rings is 1. The average Bonchev–Trinajstić information content (AvgIpc) is 3.51. The molecule has 13 nitrogen and oxygen atoms in total. The van der Waals surface area contributed by atoms with Gasteiger partial charge in [0.05, 0.1) is 40.5 Å². The van der Waals surface area contributed by atoms with Crippen LogP contribution in [0.1, 0.15) is 82.8 Å². The molecule has 324 valence electrons. The molecule has 5 aliphatic rings. The molecule has 3 fully saturated rings. The Morgan fingerprint density at radius 3 is 2.57 bits per heavy atom. The maximum absolute atomic E-state index is 16.6. The number of nitrogens with zero attached hydrogens (tertiary/aromatic N) is 6. The van der Waals surface area contributed by atoms with E-state index in [1.165, 1.54) is 5.01 Å². The Labute approximate surface area is 355 Å². The Bertz CT molecular complexity index is 2170. The van der Waals surface area contributed by atoms with Gasteiger partial charge in [0.25, 0.3) is 11.8 Å². The first-order valence-corrected chi connectivity index (χ1v) is 22.3. The number of amides is 2. The lowest BCUT2D eigenvalue weighted by atomic mass is 9.95. The quantitative estimate of drug-likeness (QED) is 0.283. The van der Waals surface area contributed by atoms with Crippen molar-refractivity contribution in [3.63, 3.8) is 0 Å². The third kappa shape index (κ3) is 8.28. The summed E-state index contributed by atoms with van der Waals surface area (Å²) in [4.78, 5) is 55.9. The third-order valence-corrected chi connectivity index (χ3v) is 14.6. The van der Waals surface area contributed by atoms with Gasteiger partial charge in [-0.3, -0.25) is 29.4 Å². The number of aromatic nitrogens is 2. The molecule has 2 saturated heterocycles. The Morgan fingerprint density at radius 1 is 1.12 bits per heavy atom. The number of likely N-dealkylation sites (N-methyl/N-ethyl adjacent to an activating group) is 1. The molecule has 2 aromatic heterocycles. The fraction of sp³-hybridized carbons (Fsp3) is 0.614. The number of pyridine rings is 1. The van der Waals surface area contributed by atoms with E-state index in [0.717, 1.165) is 53.6 Å². The van der Waals surface area contributed by atoms with E-state index in [0.29, 0.717) is 41.7 Å². The summed E-state index contributed by atoms with van der Waals surface area (Å²) >= 11 is 1.56. The second-order valence-corrected chi connectivity index (χ2v) is 18.8. The third-order valence-electron chi connectivity index (χ3n) is 13.4. The number of carbonyl (C=O) groups is 3. The van der Waals surface area contributed by atoms with Gasteiger partial charge in [-0.2, -0.15) is 0 Å². The maximum Gasteiger partial charge on any atom is 0.325 e. The van der Waals surface area contributed by atoms with Crippen LogP contribution in [-0.4, -0.2) is 119 Å². The van der Waals surface area contributed by atoms with Gasteiger partial charge in [-0.05, 0) is 74.9 Å². The Morgan fingerprint density at radius 2 is 1.87 bits per heavy atom. The second kappa shape index (κ2) is 17.0. The number of alkyl halides is 2. The number of esters is 1. The summed E-state index contributed by atoms with van der Waals surface area (Å²) in [5, 5.41) is 5.72. The normalized spacial score (nSPS) is 29.2. The first kappa shape index (κ1) is 42.6. The van der Waals surface area contributed by atoms with Gasteiger partial charge in [0, 0.05) is 86.9 Å². The van der Waals surface area contributed by atoms with E-state index in [4.69, 9.17) is 19.5 Å². The number of fused-ring (bicyclic) bond motifs is 5. The standard InChI is InChI=1S/C44H58F2N8O5S/c1-8-53-35-12-11-28-18-30(35)32(40(53)31-19-29(22-47-38(31)26(4)58-7)52-16-14-51(6)15-17-52)21-44(45,46)23-59-43(57)33-10-9-13-54(50-33)42(56)34(20-36-49-39(28)27(5)60-36)48-41(55)37-24(2)25(37)3/h11-12,18-19,22,24-27,33-34,37,39,50H,8-10,13-17,20-21,23H2,1-7H3,(H,48,55)/t24-,25+,26-,27?,33-,34-,37+,39?/m0/s1. The van der Waals surface area contributed by atoms with Crippen LogP contribution < -0.4 is 15.6 Å². The average molecular weight is 849 g/mol. The number of ether oxygens (including phenoxy) is 2. The van der Waals surface area contributed by atoms with Crippen molar-refractivity contribution >= 4 is 51.2 Å². The Hall–Kier alpha value is -4.12. The molecule has 8 rings (SSSR count). The van der Waals surface area contributed by atoms with Gasteiger partial charge in [0.2, 0.25) is 5.91 Å². The first-order valence-electron chi connectivity index (χ1n) is 21.4. The number of hydrazine groups is 1. The van der Waals surface area contributed by atoms with Crippen LogP contribution in [0.3, 0.4) is 0 Å². The molecule has 2 N–H and O–H groups in total. The fourth-order valence-electron chi connectivity index (χ4n) is 9.46. The molecule has 2 amide bonds. The molecule has 2 unspecified atom stereocenters. The van der Waals surface area contributed by atoms with Crippen LogP contribution in [0.25, 0.3) is 22.2 Å². The van der Waals surface area contributed by atoms with Crippen molar-refractivity contribution in [3.8, 4) is 11.3 Å². The molecule has 8 atom stereocenters.